The number of fused-ring (bicyclic) bond motifs is 7. The molecular formula is C46H43B15O. The fourth-order valence-electron chi connectivity index (χ4n) is 11.6. The summed E-state index contributed by atoms with van der Waals surface area (Å²) in [6, 6.07) is 29.0. The first-order chi connectivity index (χ1) is 29.6. The van der Waals surface area contributed by atoms with Crippen LogP contribution < -0.4 is 81.9 Å². The van der Waals surface area contributed by atoms with Crippen LogP contribution in [0.2, 0.25) is 0 Å². The van der Waals surface area contributed by atoms with E-state index in [1.165, 1.54) is 158 Å². The highest BCUT2D eigenvalue weighted by atomic mass is 16.3. The summed E-state index contributed by atoms with van der Waals surface area (Å²) >= 11 is 0. The zero-order valence-electron chi connectivity index (χ0n) is 39.4. The van der Waals surface area contributed by atoms with Gasteiger partial charge in [-0.25, -0.2) is 0 Å². The molecule has 0 spiro atoms. The summed E-state index contributed by atoms with van der Waals surface area (Å²) in [7, 11) is 35.5. The molecule has 0 N–H and O–H groups in total. The average molecular weight is 774 g/mol. The Morgan fingerprint density at radius 3 is 1.15 bits per heavy atom. The number of rotatable bonds is 3. The Labute approximate surface area is 379 Å². The second-order valence-corrected chi connectivity index (χ2v) is 18.8. The lowest BCUT2D eigenvalue weighted by atomic mass is 9.56. The average Bonchev–Trinajstić information content (AvgIpc) is 3.66. The molecule has 0 amide bonds. The largest absolute Gasteiger partial charge is 0.456 e. The van der Waals surface area contributed by atoms with Crippen molar-refractivity contribution in [3.8, 4) is 33.4 Å². The summed E-state index contributed by atoms with van der Waals surface area (Å²) in [5.74, 6) is 0. The van der Waals surface area contributed by atoms with Crippen LogP contribution in [0.15, 0.2) is 83.3 Å². The predicted octanol–water partition coefficient (Wildman–Crippen LogP) is -12.9. The van der Waals surface area contributed by atoms with Crippen molar-refractivity contribution in [1.29, 1.82) is 0 Å². The fourth-order valence-corrected chi connectivity index (χ4v) is 11.6. The lowest BCUT2D eigenvalue weighted by Crippen LogP contribution is -2.53. The summed E-state index contributed by atoms with van der Waals surface area (Å²) in [5.41, 5.74) is 30.5. The van der Waals surface area contributed by atoms with Gasteiger partial charge < -0.3 is 4.42 Å². The fraction of sp³-hybridized carbons (Fsp3) is 0. The maximum Gasteiger partial charge on any atom is 0.139 e. The highest BCUT2D eigenvalue weighted by Gasteiger charge is 2.29. The molecular weight excluding hydrogens is 731 g/mol. The van der Waals surface area contributed by atoms with E-state index in [2.05, 4.69) is 190 Å². The maximum absolute atomic E-state index is 6.28. The molecule has 62 heavy (non-hydrogen) atoms. The van der Waals surface area contributed by atoms with E-state index >= 15 is 0 Å². The minimum atomic E-state index is 0.921. The molecule has 0 radical (unpaired) electrons. The molecule has 0 aliphatic rings. The molecule has 0 aliphatic carbocycles. The Morgan fingerprint density at radius 2 is 0.629 bits per heavy atom. The topological polar surface area (TPSA) is 13.1 Å². The van der Waals surface area contributed by atoms with Crippen molar-refractivity contribution in [2.24, 2.45) is 0 Å². The summed E-state index contributed by atoms with van der Waals surface area (Å²) in [5, 5.41) is 13.2. The molecule has 1 aromatic heterocycles. The van der Waals surface area contributed by atoms with Gasteiger partial charge >= 0.3 is 0 Å². The predicted molar refractivity (Wildman–Crippen MR) is 323 cm³/mol. The van der Waals surface area contributed by atoms with E-state index < -0.39 is 0 Å². The minimum absolute atomic E-state index is 0.921. The normalized spacial score (nSPS) is 11.9. The SMILES string of the molecule is Bc1c(B)c(B)c2c(-c3c4c(B)c(B)c(B)c(B)c4c(-c4ccc(-c5ccc6oc7ccccc7c6c5)c5ccccc45)c4c(B)c(B)c(B)c(B)c34)c(B)c(B)c(B)c2c1B. The van der Waals surface area contributed by atoms with Crippen LogP contribution in [-0.2, 0) is 0 Å². The van der Waals surface area contributed by atoms with Crippen molar-refractivity contribution in [3.05, 3.63) is 78.9 Å². The van der Waals surface area contributed by atoms with E-state index in [1.54, 1.807) is 0 Å². The van der Waals surface area contributed by atoms with E-state index in [0.717, 1.165) is 21.9 Å². The molecule has 0 unspecified atom stereocenters. The van der Waals surface area contributed by atoms with Crippen molar-refractivity contribution in [1.82, 2.24) is 0 Å². The van der Waals surface area contributed by atoms with Crippen molar-refractivity contribution >= 4 is 265 Å². The van der Waals surface area contributed by atoms with Gasteiger partial charge in [0.2, 0.25) is 0 Å². The van der Waals surface area contributed by atoms with Crippen LogP contribution >= 0.6 is 0 Å². The second kappa shape index (κ2) is 14.4. The van der Waals surface area contributed by atoms with Crippen LogP contribution in [0.25, 0.3) is 98.4 Å². The highest BCUT2D eigenvalue weighted by Crippen LogP contribution is 2.45. The quantitative estimate of drug-likeness (QED) is 0.129. The van der Waals surface area contributed by atoms with E-state index in [9.17, 15) is 0 Å². The molecule has 9 aromatic carbocycles. The Kier molecular flexibility index (Phi) is 9.50. The van der Waals surface area contributed by atoms with Gasteiger partial charge in [0.1, 0.15) is 129 Å². The molecule has 278 valence electrons. The van der Waals surface area contributed by atoms with Crippen LogP contribution in [0.1, 0.15) is 0 Å². The van der Waals surface area contributed by atoms with Gasteiger partial charge in [0.25, 0.3) is 0 Å². The van der Waals surface area contributed by atoms with Crippen molar-refractivity contribution in [3.63, 3.8) is 0 Å². The zero-order chi connectivity index (χ0) is 44.0. The van der Waals surface area contributed by atoms with Crippen molar-refractivity contribution < 1.29 is 4.42 Å². The second-order valence-electron chi connectivity index (χ2n) is 18.8. The van der Waals surface area contributed by atoms with Crippen LogP contribution in [0.5, 0.6) is 0 Å². The molecule has 10 aromatic rings. The number of hydrogen-bond donors (Lipinski definition) is 0. The van der Waals surface area contributed by atoms with E-state index in [4.69, 9.17) is 4.42 Å². The van der Waals surface area contributed by atoms with Gasteiger partial charge in [-0.1, -0.05) is 104 Å². The van der Waals surface area contributed by atoms with Gasteiger partial charge in [0, 0.05) is 10.8 Å². The number of para-hydroxylation sites is 1. The van der Waals surface area contributed by atoms with Crippen LogP contribution in [-0.4, -0.2) is 118 Å². The monoisotopic (exact) mass is 776 g/mol. The minimum Gasteiger partial charge on any atom is -0.456 e. The van der Waals surface area contributed by atoms with Crippen LogP contribution in [0.4, 0.5) is 0 Å². The maximum atomic E-state index is 6.28. The summed E-state index contributed by atoms with van der Waals surface area (Å²) in [6.07, 6.45) is 0. The van der Waals surface area contributed by atoms with Crippen LogP contribution in [0.3, 0.4) is 0 Å². The number of furan rings is 1. The van der Waals surface area contributed by atoms with Crippen molar-refractivity contribution in [2.75, 3.05) is 0 Å². The molecule has 0 aliphatic heterocycles. The molecule has 1 heterocycles. The Balaban J connectivity index is 1.44. The van der Waals surface area contributed by atoms with Crippen LogP contribution in [0, 0.1) is 0 Å². The van der Waals surface area contributed by atoms with Crippen molar-refractivity contribution in [2.45, 2.75) is 0 Å². The van der Waals surface area contributed by atoms with Gasteiger partial charge in [0.05, 0.1) is 0 Å². The summed E-state index contributed by atoms with van der Waals surface area (Å²) in [6.45, 7) is 0. The molecule has 1 nitrogen and oxygen atoms in total. The molecule has 16 heteroatoms. The Hall–Kier alpha value is -5.21. The molecule has 10 rings (SSSR count). The Morgan fingerprint density at radius 1 is 0.258 bits per heavy atom. The molecule has 0 atom stereocenters. The molecule has 0 bridgehead atoms. The summed E-state index contributed by atoms with van der Waals surface area (Å²) in [4.78, 5) is 0. The Bertz CT molecular complexity index is 3620. The van der Waals surface area contributed by atoms with E-state index in [0.29, 0.717) is 0 Å². The number of benzene rings is 9. The third-order valence-electron chi connectivity index (χ3n) is 16.3. The highest BCUT2D eigenvalue weighted by molar-refractivity contribution is 6.75. The third-order valence-corrected chi connectivity index (χ3v) is 16.3. The third kappa shape index (κ3) is 5.44. The lowest BCUT2D eigenvalue weighted by Gasteiger charge is -2.31. The van der Waals surface area contributed by atoms with Gasteiger partial charge in [-0.05, 0) is 94.7 Å². The van der Waals surface area contributed by atoms with Gasteiger partial charge in [-0.3, -0.25) is 0 Å². The summed E-state index contributed by atoms with van der Waals surface area (Å²) < 4.78 is 6.28. The molecule has 0 fully saturated rings. The lowest BCUT2D eigenvalue weighted by molar-refractivity contribution is 0.669. The smallest absolute Gasteiger partial charge is 0.139 e. The first-order valence-electron chi connectivity index (χ1n) is 22.5. The molecule has 0 saturated heterocycles. The molecule has 0 saturated carbocycles. The van der Waals surface area contributed by atoms with Gasteiger partial charge in [-0.2, -0.15) is 0 Å². The van der Waals surface area contributed by atoms with E-state index in [-0.39, 0.29) is 0 Å². The standard InChI is InChI=1S/C46H43B15O/c47-32-25-23(19-11-10-15(16-5-1-2-6-17(16)19)14-9-12-22-20(13-14)18-7-3-4-8-21(18)62-22)26-28(36(51)44(59)42(57)33(26)48)24(27(25)35(50)43(58)41(32)56)29-30-31(38(53)40(55)34(29)49)39(54)46(61)45(60)37(30)52/h1-13H,47-61H2. The first kappa shape index (κ1) is 40.8. The first-order valence-corrected chi connectivity index (χ1v) is 22.5. The van der Waals surface area contributed by atoms with E-state index in [1.807, 2.05) is 6.07 Å². The number of hydrogen-bond acceptors (Lipinski definition) is 1. The van der Waals surface area contributed by atoms with Gasteiger partial charge in [-0.15, -0.1) is 38.2 Å². The zero-order valence-corrected chi connectivity index (χ0v) is 39.4. The van der Waals surface area contributed by atoms with Gasteiger partial charge in [0.15, 0.2) is 0 Å².